The van der Waals surface area contributed by atoms with Crippen molar-refractivity contribution in [2.75, 3.05) is 5.75 Å². The van der Waals surface area contributed by atoms with E-state index in [0.29, 0.717) is 23.5 Å². The fourth-order valence-electron chi connectivity index (χ4n) is 3.22. The molecule has 2 aliphatic carbocycles. The molecule has 128 valence electrons. The van der Waals surface area contributed by atoms with Crippen LogP contribution in [0.1, 0.15) is 43.0 Å². The molecule has 4 rings (SSSR count). The molecule has 0 saturated heterocycles. The number of rotatable bonds is 6. The molecule has 2 aromatic heterocycles. The molecule has 0 unspecified atom stereocenters. The topological polar surface area (TPSA) is 64.0 Å². The van der Waals surface area contributed by atoms with Gasteiger partial charge in [-0.15, -0.1) is 11.3 Å². The Morgan fingerprint density at radius 3 is 3.00 bits per heavy atom. The number of nitrogens with zero attached hydrogens (tertiary/aromatic N) is 2. The summed E-state index contributed by atoms with van der Waals surface area (Å²) in [5, 5.41) is 4.49. The van der Waals surface area contributed by atoms with Crippen molar-refractivity contribution in [3.05, 3.63) is 20.8 Å². The summed E-state index contributed by atoms with van der Waals surface area (Å²) < 4.78 is 1.77. The van der Waals surface area contributed by atoms with Gasteiger partial charge in [-0.05, 0) is 44.1 Å². The van der Waals surface area contributed by atoms with E-state index in [4.69, 9.17) is 4.98 Å². The lowest BCUT2D eigenvalue weighted by atomic mass is 10.2. The highest BCUT2D eigenvalue weighted by molar-refractivity contribution is 7.99. The minimum Gasteiger partial charge on any atom is -0.353 e. The molecule has 1 N–H and O–H groups in total. The Bertz CT molecular complexity index is 852. The van der Waals surface area contributed by atoms with Gasteiger partial charge in [-0.25, -0.2) is 4.98 Å². The molecule has 0 spiro atoms. The van der Waals surface area contributed by atoms with Crippen molar-refractivity contribution >= 4 is 39.2 Å². The highest BCUT2D eigenvalue weighted by Gasteiger charge is 2.25. The van der Waals surface area contributed by atoms with Crippen molar-refractivity contribution in [2.45, 2.75) is 63.2 Å². The number of nitrogens with one attached hydrogen (secondary N) is 1. The van der Waals surface area contributed by atoms with Crippen molar-refractivity contribution in [1.82, 2.24) is 14.9 Å². The highest BCUT2D eigenvalue weighted by atomic mass is 32.2. The van der Waals surface area contributed by atoms with Gasteiger partial charge in [0.1, 0.15) is 4.83 Å². The molecular formula is C17H21N3O2S2. The van der Waals surface area contributed by atoms with Crippen LogP contribution < -0.4 is 10.9 Å². The van der Waals surface area contributed by atoms with Crippen molar-refractivity contribution in [3.8, 4) is 0 Å². The minimum absolute atomic E-state index is 0.0357. The summed E-state index contributed by atoms with van der Waals surface area (Å²) >= 11 is 3.04. The van der Waals surface area contributed by atoms with Crippen LogP contribution in [0.2, 0.25) is 0 Å². The lowest BCUT2D eigenvalue weighted by molar-refractivity contribution is -0.118. The Morgan fingerprint density at radius 1 is 1.42 bits per heavy atom. The van der Waals surface area contributed by atoms with Crippen LogP contribution in [0, 0.1) is 0 Å². The molecule has 5 nitrogen and oxygen atoms in total. The number of aromatic nitrogens is 2. The number of aryl methyl sites for hydroxylation is 2. The first-order chi connectivity index (χ1) is 11.7. The standard InChI is InChI=1S/C17H21N3O2S2/c1-2-8-20-16(22)14-11-4-3-5-12(11)24-15(14)19-17(20)23-9-13(21)18-10-6-7-10/h10H,2-9H2,1H3,(H,18,21). The van der Waals surface area contributed by atoms with E-state index in [1.54, 1.807) is 15.9 Å². The Morgan fingerprint density at radius 2 is 2.25 bits per heavy atom. The minimum atomic E-state index is 0.0357. The smallest absolute Gasteiger partial charge is 0.263 e. The van der Waals surface area contributed by atoms with Gasteiger partial charge in [-0.3, -0.25) is 14.2 Å². The maximum atomic E-state index is 13.0. The fraction of sp³-hybridized carbons (Fsp3) is 0.588. The van der Waals surface area contributed by atoms with E-state index in [-0.39, 0.29) is 11.5 Å². The second-order valence-electron chi connectivity index (χ2n) is 6.52. The van der Waals surface area contributed by atoms with E-state index in [1.807, 2.05) is 0 Å². The Balaban J connectivity index is 1.66. The predicted molar refractivity (Wildman–Crippen MR) is 98.1 cm³/mol. The van der Waals surface area contributed by atoms with E-state index in [2.05, 4.69) is 12.2 Å². The number of thiophene rings is 1. The first-order valence-electron chi connectivity index (χ1n) is 8.64. The molecule has 0 aliphatic heterocycles. The second kappa shape index (κ2) is 6.52. The van der Waals surface area contributed by atoms with E-state index >= 15 is 0 Å². The molecular weight excluding hydrogens is 342 g/mol. The summed E-state index contributed by atoms with van der Waals surface area (Å²) in [6, 6.07) is 0.367. The number of hydrogen-bond donors (Lipinski definition) is 1. The third-order valence-corrected chi connectivity index (χ3v) is 6.67. The van der Waals surface area contributed by atoms with Crippen molar-refractivity contribution in [2.24, 2.45) is 0 Å². The first kappa shape index (κ1) is 16.1. The van der Waals surface area contributed by atoms with Crippen molar-refractivity contribution < 1.29 is 4.79 Å². The SMILES string of the molecule is CCCn1c(SCC(=O)NC2CC2)nc2sc3c(c2c1=O)CCC3. The maximum Gasteiger partial charge on any atom is 0.263 e. The summed E-state index contributed by atoms with van der Waals surface area (Å²) in [5.41, 5.74) is 1.30. The summed E-state index contributed by atoms with van der Waals surface area (Å²) in [6.07, 6.45) is 6.25. The Kier molecular flexibility index (Phi) is 4.39. The van der Waals surface area contributed by atoms with Gasteiger partial charge in [-0.2, -0.15) is 0 Å². The molecule has 7 heteroatoms. The largest absolute Gasteiger partial charge is 0.353 e. The van der Waals surface area contributed by atoms with Crippen molar-refractivity contribution in [3.63, 3.8) is 0 Å². The molecule has 1 amide bonds. The third kappa shape index (κ3) is 2.99. The van der Waals surface area contributed by atoms with E-state index in [9.17, 15) is 9.59 Å². The molecule has 24 heavy (non-hydrogen) atoms. The van der Waals surface area contributed by atoms with Gasteiger partial charge in [0.2, 0.25) is 5.91 Å². The normalized spacial score (nSPS) is 16.5. The molecule has 1 fully saturated rings. The van der Waals surface area contributed by atoms with Crippen LogP contribution >= 0.6 is 23.1 Å². The van der Waals surface area contributed by atoms with E-state index in [1.165, 1.54) is 22.2 Å². The van der Waals surface area contributed by atoms with Crippen molar-refractivity contribution in [1.29, 1.82) is 0 Å². The van der Waals surface area contributed by atoms with Gasteiger partial charge in [0.05, 0.1) is 11.1 Å². The maximum absolute atomic E-state index is 13.0. The molecule has 2 aromatic rings. The lowest BCUT2D eigenvalue weighted by Crippen LogP contribution is -2.28. The number of hydrogen-bond acceptors (Lipinski definition) is 5. The summed E-state index contributed by atoms with van der Waals surface area (Å²) in [5.74, 6) is 0.358. The number of carbonyl (C=O) groups excluding carboxylic acids is 1. The first-order valence-corrected chi connectivity index (χ1v) is 10.4. The zero-order valence-corrected chi connectivity index (χ0v) is 15.4. The Hall–Kier alpha value is -1.34. The van der Waals surface area contributed by atoms with Gasteiger partial charge in [0, 0.05) is 17.5 Å². The van der Waals surface area contributed by atoms with Gasteiger partial charge in [-0.1, -0.05) is 18.7 Å². The van der Waals surface area contributed by atoms with Crippen LogP contribution in [0.15, 0.2) is 9.95 Å². The summed E-state index contributed by atoms with van der Waals surface area (Å²) in [7, 11) is 0. The van der Waals surface area contributed by atoms with Crippen LogP contribution in [0.3, 0.4) is 0 Å². The second-order valence-corrected chi connectivity index (χ2v) is 8.55. The van der Waals surface area contributed by atoms with Gasteiger partial charge in [0.25, 0.3) is 5.56 Å². The Labute approximate surface area is 148 Å². The number of amides is 1. The molecule has 0 atom stereocenters. The molecule has 2 aliphatic rings. The quantitative estimate of drug-likeness (QED) is 0.633. The van der Waals surface area contributed by atoms with E-state index in [0.717, 1.165) is 48.7 Å². The lowest BCUT2D eigenvalue weighted by Gasteiger charge is -2.11. The van der Waals surface area contributed by atoms with E-state index < -0.39 is 0 Å². The van der Waals surface area contributed by atoms with Crippen LogP contribution in [-0.2, 0) is 24.2 Å². The van der Waals surface area contributed by atoms with Crippen LogP contribution in [0.5, 0.6) is 0 Å². The fourth-order valence-corrected chi connectivity index (χ4v) is 5.36. The zero-order valence-electron chi connectivity index (χ0n) is 13.8. The van der Waals surface area contributed by atoms with Crippen LogP contribution in [0.4, 0.5) is 0 Å². The summed E-state index contributed by atoms with van der Waals surface area (Å²) in [6.45, 7) is 2.71. The molecule has 0 radical (unpaired) electrons. The van der Waals surface area contributed by atoms with Crippen LogP contribution in [0.25, 0.3) is 10.2 Å². The van der Waals surface area contributed by atoms with Crippen LogP contribution in [-0.4, -0.2) is 27.3 Å². The highest BCUT2D eigenvalue weighted by Crippen LogP contribution is 2.35. The third-order valence-electron chi connectivity index (χ3n) is 4.51. The zero-order chi connectivity index (χ0) is 16.7. The predicted octanol–water partition coefficient (Wildman–Crippen LogP) is 2.73. The monoisotopic (exact) mass is 363 g/mol. The number of carbonyl (C=O) groups is 1. The number of thioether (sulfide) groups is 1. The molecule has 2 heterocycles. The van der Waals surface area contributed by atoms with Gasteiger partial charge < -0.3 is 5.32 Å². The molecule has 0 bridgehead atoms. The average Bonchev–Trinajstić information content (AvgIpc) is 3.12. The molecule has 1 saturated carbocycles. The number of fused-ring (bicyclic) bond motifs is 3. The van der Waals surface area contributed by atoms with Gasteiger partial charge >= 0.3 is 0 Å². The van der Waals surface area contributed by atoms with Gasteiger partial charge in [0.15, 0.2) is 5.16 Å². The summed E-state index contributed by atoms with van der Waals surface area (Å²) in [4.78, 5) is 31.9. The molecule has 0 aromatic carbocycles. The average molecular weight is 364 g/mol.